The Labute approximate surface area is 83.6 Å². The van der Waals surface area contributed by atoms with Crippen molar-refractivity contribution in [2.24, 2.45) is 7.05 Å². The van der Waals surface area contributed by atoms with Crippen molar-refractivity contribution < 1.29 is 9.90 Å². The largest absolute Gasteiger partial charge is 0.481 e. The van der Waals surface area contributed by atoms with Crippen LogP contribution in [0.2, 0.25) is 0 Å². The van der Waals surface area contributed by atoms with E-state index in [1.165, 1.54) is 0 Å². The maximum Gasteiger partial charge on any atom is 0.303 e. The lowest BCUT2D eigenvalue weighted by Gasteiger charge is -2.03. The van der Waals surface area contributed by atoms with Crippen LogP contribution in [0.15, 0.2) is 6.20 Å². The van der Waals surface area contributed by atoms with E-state index in [1.54, 1.807) is 6.20 Å². The number of aromatic nitrogens is 2. The van der Waals surface area contributed by atoms with Gasteiger partial charge in [0.05, 0.1) is 6.42 Å². The third-order valence-corrected chi connectivity index (χ3v) is 2.25. The van der Waals surface area contributed by atoms with E-state index in [1.807, 2.05) is 11.6 Å². The van der Waals surface area contributed by atoms with Crippen molar-refractivity contribution in [3.05, 3.63) is 17.7 Å². The fourth-order valence-electron chi connectivity index (χ4n) is 1.41. The Balaban J connectivity index is 2.64. The van der Waals surface area contributed by atoms with Crippen LogP contribution < -0.4 is 0 Å². The van der Waals surface area contributed by atoms with Crippen molar-refractivity contribution >= 4 is 5.97 Å². The van der Waals surface area contributed by atoms with Gasteiger partial charge in [0.15, 0.2) is 0 Å². The Morgan fingerprint density at radius 3 is 2.86 bits per heavy atom. The molecule has 0 amide bonds. The molecular formula is C10H16N2O2. The predicted octanol–water partition coefficient (Wildman–Crippen LogP) is 1.39. The van der Waals surface area contributed by atoms with Gasteiger partial charge in [0.25, 0.3) is 0 Å². The second kappa shape index (κ2) is 4.79. The summed E-state index contributed by atoms with van der Waals surface area (Å²) in [5, 5.41) is 8.55. The molecule has 78 valence electrons. The fourth-order valence-corrected chi connectivity index (χ4v) is 1.41. The van der Waals surface area contributed by atoms with Gasteiger partial charge in [0, 0.05) is 25.4 Å². The van der Waals surface area contributed by atoms with Gasteiger partial charge in [-0.2, -0.15) is 0 Å². The Morgan fingerprint density at radius 1 is 1.57 bits per heavy atom. The first-order valence-corrected chi connectivity index (χ1v) is 4.86. The molecule has 0 aliphatic carbocycles. The van der Waals surface area contributed by atoms with E-state index in [4.69, 9.17) is 5.11 Å². The summed E-state index contributed by atoms with van der Waals surface area (Å²) in [5.74, 6) is 0.274. The number of carboxylic acids is 1. The number of hydrogen-bond acceptors (Lipinski definition) is 2. The van der Waals surface area contributed by atoms with Gasteiger partial charge in [-0.15, -0.1) is 0 Å². The zero-order chi connectivity index (χ0) is 10.6. The number of carbonyl (C=O) groups is 1. The van der Waals surface area contributed by atoms with E-state index in [0.717, 1.165) is 24.4 Å². The molecule has 1 aromatic rings. The van der Waals surface area contributed by atoms with Gasteiger partial charge in [-0.05, 0) is 12.8 Å². The third-order valence-electron chi connectivity index (χ3n) is 2.25. The Morgan fingerprint density at radius 2 is 2.29 bits per heavy atom. The van der Waals surface area contributed by atoms with Gasteiger partial charge >= 0.3 is 5.97 Å². The second-order valence-corrected chi connectivity index (χ2v) is 3.37. The summed E-state index contributed by atoms with van der Waals surface area (Å²) < 4.78 is 1.99. The Kier molecular flexibility index (Phi) is 3.68. The van der Waals surface area contributed by atoms with Gasteiger partial charge < -0.3 is 9.67 Å². The number of aryl methyl sites for hydroxylation is 2. The number of hydrogen-bond donors (Lipinski definition) is 1. The number of aliphatic carboxylic acids is 1. The average Bonchev–Trinajstić information content (AvgIpc) is 2.46. The van der Waals surface area contributed by atoms with Crippen LogP contribution in [0.1, 0.15) is 31.3 Å². The highest BCUT2D eigenvalue weighted by molar-refractivity contribution is 5.66. The zero-order valence-electron chi connectivity index (χ0n) is 8.66. The predicted molar refractivity (Wildman–Crippen MR) is 53.2 cm³/mol. The van der Waals surface area contributed by atoms with Crippen LogP contribution >= 0.6 is 0 Å². The summed E-state index contributed by atoms with van der Waals surface area (Å²) in [7, 11) is 1.94. The highest BCUT2D eigenvalue weighted by atomic mass is 16.4. The molecule has 0 saturated heterocycles. The number of imidazole rings is 1. The first-order chi connectivity index (χ1) is 6.65. The molecule has 0 saturated carbocycles. The van der Waals surface area contributed by atoms with E-state index in [0.29, 0.717) is 6.42 Å². The van der Waals surface area contributed by atoms with Crippen LogP contribution in [0.3, 0.4) is 0 Å². The standard InChI is InChI=1S/C10H16N2O2/c1-3-4-9-11-7-8(12(9)2)5-6-10(13)14/h7H,3-6H2,1-2H3,(H,13,14). The van der Waals surface area contributed by atoms with Crippen molar-refractivity contribution in [1.82, 2.24) is 9.55 Å². The normalized spacial score (nSPS) is 10.4. The molecule has 1 rings (SSSR count). The van der Waals surface area contributed by atoms with Gasteiger partial charge in [-0.25, -0.2) is 4.98 Å². The van der Waals surface area contributed by atoms with Gasteiger partial charge in [0.2, 0.25) is 0 Å². The van der Waals surface area contributed by atoms with Crippen LogP contribution in [0, 0.1) is 0 Å². The molecule has 0 aliphatic rings. The van der Waals surface area contributed by atoms with E-state index >= 15 is 0 Å². The molecule has 1 N–H and O–H groups in total. The van der Waals surface area contributed by atoms with Gasteiger partial charge in [-0.3, -0.25) is 4.79 Å². The van der Waals surface area contributed by atoms with Crippen LogP contribution in [0.4, 0.5) is 0 Å². The molecule has 4 nitrogen and oxygen atoms in total. The minimum atomic E-state index is -0.761. The highest BCUT2D eigenvalue weighted by Crippen LogP contribution is 2.07. The smallest absolute Gasteiger partial charge is 0.303 e. The molecule has 0 spiro atoms. The maximum atomic E-state index is 10.4. The van der Waals surface area contributed by atoms with E-state index in [-0.39, 0.29) is 6.42 Å². The minimum absolute atomic E-state index is 0.172. The van der Waals surface area contributed by atoms with E-state index in [9.17, 15) is 4.79 Å². The lowest BCUT2D eigenvalue weighted by Crippen LogP contribution is -2.04. The second-order valence-electron chi connectivity index (χ2n) is 3.37. The zero-order valence-corrected chi connectivity index (χ0v) is 8.66. The topological polar surface area (TPSA) is 55.1 Å². The first-order valence-electron chi connectivity index (χ1n) is 4.86. The summed E-state index contributed by atoms with van der Waals surface area (Å²) in [6.07, 6.45) is 4.51. The van der Waals surface area contributed by atoms with Crippen LogP contribution in [0.25, 0.3) is 0 Å². The van der Waals surface area contributed by atoms with Crippen molar-refractivity contribution in [3.63, 3.8) is 0 Å². The van der Waals surface area contributed by atoms with Crippen molar-refractivity contribution in [2.75, 3.05) is 0 Å². The number of nitrogens with zero attached hydrogens (tertiary/aromatic N) is 2. The Hall–Kier alpha value is -1.32. The van der Waals surface area contributed by atoms with E-state index < -0.39 is 5.97 Å². The summed E-state index contributed by atoms with van der Waals surface area (Å²) in [5.41, 5.74) is 0.996. The monoisotopic (exact) mass is 196 g/mol. The molecule has 14 heavy (non-hydrogen) atoms. The SMILES string of the molecule is CCCc1ncc(CCC(=O)O)n1C. The minimum Gasteiger partial charge on any atom is -0.481 e. The quantitative estimate of drug-likeness (QED) is 0.774. The molecule has 1 aromatic heterocycles. The number of carboxylic acid groups (broad SMARTS) is 1. The molecule has 4 heteroatoms. The van der Waals surface area contributed by atoms with Crippen molar-refractivity contribution in [1.29, 1.82) is 0 Å². The van der Waals surface area contributed by atoms with E-state index in [2.05, 4.69) is 11.9 Å². The fraction of sp³-hybridized carbons (Fsp3) is 0.600. The molecule has 0 radical (unpaired) electrons. The molecule has 0 aromatic carbocycles. The van der Waals surface area contributed by atoms with Crippen LogP contribution in [0.5, 0.6) is 0 Å². The highest BCUT2D eigenvalue weighted by Gasteiger charge is 2.06. The molecule has 0 aliphatic heterocycles. The molecular weight excluding hydrogens is 180 g/mol. The maximum absolute atomic E-state index is 10.4. The van der Waals surface area contributed by atoms with Gasteiger partial charge in [-0.1, -0.05) is 6.92 Å². The molecule has 0 atom stereocenters. The molecule has 0 fully saturated rings. The van der Waals surface area contributed by atoms with Crippen molar-refractivity contribution in [2.45, 2.75) is 32.6 Å². The summed E-state index contributed by atoms with van der Waals surface area (Å²) in [6.45, 7) is 2.10. The van der Waals surface area contributed by atoms with Crippen LogP contribution in [-0.4, -0.2) is 20.6 Å². The third kappa shape index (κ3) is 2.58. The summed E-state index contributed by atoms with van der Waals surface area (Å²) in [6, 6.07) is 0. The van der Waals surface area contributed by atoms with Gasteiger partial charge in [0.1, 0.15) is 5.82 Å². The summed E-state index contributed by atoms with van der Waals surface area (Å²) >= 11 is 0. The van der Waals surface area contributed by atoms with Crippen LogP contribution in [-0.2, 0) is 24.7 Å². The lowest BCUT2D eigenvalue weighted by atomic mass is 10.2. The molecule has 0 bridgehead atoms. The Bertz CT molecular complexity index is 318. The van der Waals surface area contributed by atoms with Crippen molar-refractivity contribution in [3.8, 4) is 0 Å². The molecule has 0 unspecified atom stereocenters. The lowest BCUT2D eigenvalue weighted by molar-refractivity contribution is -0.136. The number of rotatable bonds is 5. The first kappa shape index (κ1) is 10.8. The molecule has 1 heterocycles. The average molecular weight is 196 g/mol. The summed E-state index contributed by atoms with van der Waals surface area (Å²) in [4.78, 5) is 14.6.